The van der Waals surface area contributed by atoms with E-state index in [4.69, 9.17) is 0 Å². The first-order valence-electron chi connectivity index (χ1n) is 5.60. The molecule has 0 spiro atoms. The van der Waals surface area contributed by atoms with E-state index in [-0.39, 0.29) is 0 Å². The summed E-state index contributed by atoms with van der Waals surface area (Å²) in [4.78, 5) is 0. The maximum atomic E-state index is 2.21. The van der Waals surface area contributed by atoms with Gasteiger partial charge >= 0.3 is 0 Å². The Kier molecular flexibility index (Phi) is 6.77. The Morgan fingerprint density at radius 1 is 0.867 bits per heavy atom. The van der Waals surface area contributed by atoms with Gasteiger partial charge in [-0.1, -0.05) is 60.9 Å². The van der Waals surface area contributed by atoms with Crippen molar-refractivity contribution in [3.05, 3.63) is 47.1 Å². The molecule has 0 aliphatic rings. The van der Waals surface area contributed by atoms with E-state index in [1.807, 2.05) is 0 Å². The molecule has 15 heavy (non-hydrogen) atoms. The average molecular weight is 204 g/mol. The lowest BCUT2D eigenvalue weighted by Gasteiger charge is -2.01. The first-order chi connectivity index (χ1) is 6.95. The van der Waals surface area contributed by atoms with Gasteiger partial charge in [0, 0.05) is 0 Å². The van der Waals surface area contributed by atoms with E-state index >= 15 is 0 Å². The van der Waals surface area contributed by atoms with Gasteiger partial charge < -0.3 is 0 Å². The second-order valence-electron chi connectivity index (χ2n) is 4.49. The van der Waals surface area contributed by atoms with Gasteiger partial charge in [-0.05, 0) is 33.6 Å². The molecular formula is C15H24. The van der Waals surface area contributed by atoms with Crippen LogP contribution in [0.15, 0.2) is 47.1 Å². The van der Waals surface area contributed by atoms with E-state index in [9.17, 15) is 0 Å². The number of allylic oxidation sites excluding steroid dienone is 8. The molecule has 0 aromatic heterocycles. The van der Waals surface area contributed by atoms with E-state index in [2.05, 4.69) is 71.9 Å². The van der Waals surface area contributed by atoms with E-state index in [0.29, 0.717) is 5.92 Å². The third kappa shape index (κ3) is 6.96. The Bertz CT molecular complexity index is 292. The minimum absolute atomic E-state index is 0.637. The van der Waals surface area contributed by atoms with Gasteiger partial charge in [-0.2, -0.15) is 0 Å². The summed E-state index contributed by atoms with van der Waals surface area (Å²) in [6, 6.07) is 0. The maximum absolute atomic E-state index is 2.21. The van der Waals surface area contributed by atoms with Crippen molar-refractivity contribution in [2.75, 3.05) is 0 Å². The van der Waals surface area contributed by atoms with Gasteiger partial charge in [0.05, 0.1) is 0 Å². The van der Waals surface area contributed by atoms with Gasteiger partial charge in [-0.25, -0.2) is 0 Å². The molecular weight excluding hydrogens is 180 g/mol. The highest BCUT2D eigenvalue weighted by Crippen LogP contribution is 2.07. The van der Waals surface area contributed by atoms with E-state index in [1.165, 1.54) is 16.7 Å². The molecule has 0 saturated carbocycles. The molecule has 0 N–H and O–H groups in total. The molecule has 0 aromatic rings. The summed E-state index contributed by atoms with van der Waals surface area (Å²) in [6.45, 7) is 13.0. The van der Waals surface area contributed by atoms with Gasteiger partial charge in [-0.3, -0.25) is 0 Å². The van der Waals surface area contributed by atoms with Gasteiger partial charge in [0.2, 0.25) is 0 Å². The zero-order chi connectivity index (χ0) is 11.8. The summed E-state index contributed by atoms with van der Waals surface area (Å²) < 4.78 is 0. The van der Waals surface area contributed by atoms with Crippen molar-refractivity contribution in [3.8, 4) is 0 Å². The van der Waals surface area contributed by atoms with Gasteiger partial charge in [0.1, 0.15) is 0 Å². The van der Waals surface area contributed by atoms with E-state index < -0.39 is 0 Å². The van der Waals surface area contributed by atoms with E-state index in [0.717, 1.165) is 0 Å². The first kappa shape index (κ1) is 14.0. The molecule has 0 saturated heterocycles. The van der Waals surface area contributed by atoms with Crippen LogP contribution in [0.2, 0.25) is 0 Å². The minimum Gasteiger partial charge on any atom is -0.0735 e. The Morgan fingerprint density at radius 3 is 1.93 bits per heavy atom. The molecule has 0 aromatic carbocycles. The third-order valence-electron chi connectivity index (χ3n) is 2.63. The zero-order valence-electron chi connectivity index (χ0n) is 11.0. The normalized spacial score (nSPS) is 13.1. The van der Waals surface area contributed by atoms with Crippen molar-refractivity contribution in [2.24, 2.45) is 5.92 Å². The molecule has 0 bridgehead atoms. The molecule has 0 amide bonds. The van der Waals surface area contributed by atoms with Crippen molar-refractivity contribution in [2.45, 2.75) is 41.5 Å². The third-order valence-corrected chi connectivity index (χ3v) is 2.63. The molecule has 0 atom stereocenters. The predicted octanol–water partition coefficient (Wildman–Crippen LogP) is 5.06. The van der Waals surface area contributed by atoms with Crippen LogP contribution in [-0.2, 0) is 0 Å². The molecule has 0 nitrogen and oxygen atoms in total. The molecule has 0 rings (SSSR count). The van der Waals surface area contributed by atoms with Gasteiger partial charge in [0.15, 0.2) is 0 Å². The highest BCUT2D eigenvalue weighted by molar-refractivity contribution is 5.25. The van der Waals surface area contributed by atoms with Crippen molar-refractivity contribution in [1.82, 2.24) is 0 Å². The van der Waals surface area contributed by atoms with Gasteiger partial charge in [-0.15, -0.1) is 0 Å². The second kappa shape index (κ2) is 7.28. The predicted molar refractivity (Wildman–Crippen MR) is 70.9 cm³/mol. The zero-order valence-corrected chi connectivity index (χ0v) is 11.0. The van der Waals surface area contributed by atoms with Gasteiger partial charge in [0.25, 0.3) is 0 Å². The van der Waals surface area contributed by atoms with E-state index in [1.54, 1.807) is 0 Å². The fourth-order valence-corrected chi connectivity index (χ4v) is 0.830. The van der Waals surface area contributed by atoms with Crippen LogP contribution in [0.3, 0.4) is 0 Å². The molecule has 0 heterocycles. The highest BCUT2D eigenvalue weighted by Gasteiger charge is 1.91. The molecule has 0 radical (unpaired) electrons. The lowest BCUT2D eigenvalue weighted by Crippen LogP contribution is -1.86. The van der Waals surface area contributed by atoms with Crippen molar-refractivity contribution in [1.29, 1.82) is 0 Å². The Labute approximate surface area is 95.1 Å². The summed E-state index contributed by atoms with van der Waals surface area (Å²) in [6.07, 6.45) is 10.6. The van der Waals surface area contributed by atoms with Crippen LogP contribution in [0.1, 0.15) is 41.5 Å². The van der Waals surface area contributed by atoms with Crippen LogP contribution < -0.4 is 0 Å². The van der Waals surface area contributed by atoms with Crippen molar-refractivity contribution < 1.29 is 0 Å². The highest BCUT2D eigenvalue weighted by atomic mass is 14.0. The fourth-order valence-electron chi connectivity index (χ4n) is 0.830. The van der Waals surface area contributed by atoms with Crippen molar-refractivity contribution >= 4 is 0 Å². The number of hydrogen-bond donors (Lipinski definition) is 0. The van der Waals surface area contributed by atoms with Crippen LogP contribution in [0.5, 0.6) is 0 Å². The quantitative estimate of drug-likeness (QED) is 0.562. The summed E-state index contributed by atoms with van der Waals surface area (Å²) in [5.74, 6) is 0.637. The largest absolute Gasteiger partial charge is 0.0735 e. The van der Waals surface area contributed by atoms with Crippen LogP contribution in [0, 0.1) is 5.92 Å². The summed E-state index contributed by atoms with van der Waals surface area (Å²) in [5, 5.41) is 0. The Hall–Kier alpha value is -1.04. The SMILES string of the molecule is CC(C)=C(C)C=CC=C/C=C(/C)C(C)C. The molecule has 0 aliphatic carbocycles. The number of rotatable bonds is 4. The van der Waals surface area contributed by atoms with Crippen LogP contribution >= 0.6 is 0 Å². The standard InChI is InChI=1S/C15H24/c1-12(2)14(5)10-8-7-9-11-15(6)13(3)4/h7-12H,1-6H3/b8-7?,11-9?,14-10-. The van der Waals surface area contributed by atoms with Crippen LogP contribution in [0.4, 0.5) is 0 Å². The monoisotopic (exact) mass is 204 g/mol. The minimum atomic E-state index is 0.637. The molecule has 0 heteroatoms. The smallest absolute Gasteiger partial charge is 0.0260 e. The maximum Gasteiger partial charge on any atom is -0.0260 e. The lowest BCUT2D eigenvalue weighted by molar-refractivity contribution is 0.769. The Balaban J connectivity index is 4.24. The van der Waals surface area contributed by atoms with Crippen LogP contribution in [-0.4, -0.2) is 0 Å². The topological polar surface area (TPSA) is 0 Å². The Morgan fingerprint density at radius 2 is 1.47 bits per heavy atom. The number of hydrogen-bond acceptors (Lipinski definition) is 0. The molecule has 84 valence electrons. The lowest BCUT2D eigenvalue weighted by atomic mass is 10.1. The average Bonchev–Trinajstić information content (AvgIpc) is 2.16. The second-order valence-corrected chi connectivity index (χ2v) is 4.49. The molecule has 0 unspecified atom stereocenters. The first-order valence-corrected chi connectivity index (χ1v) is 5.60. The molecule has 0 fully saturated rings. The molecule has 0 aliphatic heterocycles. The summed E-state index contributed by atoms with van der Waals surface area (Å²) in [5.41, 5.74) is 4.12. The van der Waals surface area contributed by atoms with Crippen molar-refractivity contribution in [3.63, 3.8) is 0 Å². The summed E-state index contributed by atoms with van der Waals surface area (Å²) in [7, 11) is 0. The van der Waals surface area contributed by atoms with Crippen LogP contribution in [0.25, 0.3) is 0 Å². The summed E-state index contributed by atoms with van der Waals surface area (Å²) >= 11 is 0. The fraction of sp³-hybridized carbons (Fsp3) is 0.467.